The van der Waals surface area contributed by atoms with Crippen LogP contribution in [0.4, 0.5) is 0 Å². The fourth-order valence-electron chi connectivity index (χ4n) is 0.973. The lowest BCUT2D eigenvalue weighted by atomic mass is 10.3. The van der Waals surface area contributed by atoms with Crippen LogP contribution in [0.15, 0.2) is 35.6 Å². The summed E-state index contributed by atoms with van der Waals surface area (Å²) in [6, 6.07) is 4.12. The normalized spacial score (nSPS) is 19.1. The van der Waals surface area contributed by atoms with Gasteiger partial charge in [-0.1, -0.05) is 6.07 Å². The van der Waals surface area contributed by atoms with Gasteiger partial charge in [0.2, 0.25) is 0 Å². The van der Waals surface area contributed by atoms with Crippen molar-refractivity contribution in [3.05, 3.63) is 40.5 Å². The molecule has 1 aliphatic rings. The summed E-state index contributed by atoms with van der Waals surface area (Å²) in [4.78, 5) is 1.25. The summed E-state index contributed by atoms with van der Waals surface area (Å²) in [6.45, 7) is 0. The van der Waals surface area contributed by atoms with E-state index in [0.29, 0.717) is 0 Å². The number of allylic oxidation sites excluding steroid dienone is 1. The van der Waals surface area contributed by atoms with Crippen LogP contribution in [0.25, 0.3) is 6.08 Å². The lowest BCUT2D eigenvalue weighted by molar-refractivity contribution is 0.372. The molecular weight excluding hydrogens is 156 g/mol. The molecule has 0 N–H and O–H groups in total. The number of thiophene rings is 1. The third kappa shape index (κ3) is 1.52. The van der Waals surface area contributed by atoms with Gasteiger partial charge in [-0.2, -0.15) is 0 Å². The monoisotopic (exact) mass is 164 g/mol. The van der Waals surface area contributed by atoms with Gasteiger partial charge in [0, 0.05) is 11.3 Å². The Labute approximate surface area is 69.6 Å². The average molecular weight is 164 g/mol. The molecule has 0 unspecified atom stereocenters. The molecule has 1 aromatic rings. The van der Waals surface area contributed by atoms with E-state index in [2.05, 4.69) is 17.5 Å². The van der Waals surface area contributed by atoms with Crippen molar-refractivity contribution in [2.45, 2.75) is 6.42 Å². The summed E-state index contributed by atoms with van der Waals surface area (Å²) in [5.74, 6) is 1.03. The van der Waals surface area contributed by atoms with Crippen molar-refractivity contribution in [2.75, 3.05) is 0 Å². The van der Waals surface area contributed by atoms with E-state index < -0.39 is 0 Å². The molecule has 1 nitrogen and oxygen atoms in total. The summed E-state index contributed by atoms with van der Waals surface area (Å²) in [6.07, 6.45) is 6.75. The maximum absolute atomic E-state index is 5.21. The molecule has 0 fully saturated rings. The summed E-state index contributed by atoms with van der Waals surface area (Å²) in [5.41, 5.74) is 0. The molecule has 0 atom stereocenters. The van der Waals surface area contributed by atoms with Crippen LogP contribution in [0.3, 0.4) is 0 Å². The minimum atomic E-state index is 0.928. The van der Waals surface area contributed by atoms with Crippen LogP contribution in [-0.2, 0) is 4.74 Å². The van der Waals surface area contributed by atoms with Gasteiger partial charge in [-0.15, -0.1) is 11.3 Å². The highest BCUT2D eigenvalue weighted by Crippen LogP contribution is 2.19. The van der Waals surface area contributed by atoms with E-state index >= 15 is 0 Å². The van der Waals surface area contributed by atoms with E-state index in [-0.39, 0.29) is 0 Å². The Morgan fingerprint density at radius 1 is 1.55 bits per heavy atom. The molecule has 0 radical (unpaired) electrons. The first kappa shape index (κ1) is 6.68. The van der Waals surface area contributed by atoms with Crippen LogP contribution in [0.2, 0.25) is 0 Å². The third-order valence-corrected chi connectivity index (χ3v) is 2.30. The van der Waals surface area contributed by atoms with Gasteiger partial charge in [-0.3, -0.25) is 0 Å². The van der Waals surface area contributed by atoms with Crippen molar-refractivity contribution < 1.29 is 4.74 Å². The molecule has 0 spiro atoms. The maximum Gasteiger partial charge on any atom is 0.108 e. The van der Waals surface area contributed by atoms with Gasteiger partial charge in [-0.25, -0.2) is 0 Å². The maximum atomic E-state index is 5.21. The highest BCUT2D eigenvalue weighted by Gasteiger charge is 2.00. The quantitative estimate of drug-likeness (QED) is 0.620. The van der Waals surface area contributed by atoms with Crippen molar-refractivity contribution >= 4 is 17.4 Å². The number of hydrogen-bond donors (Lipinski definition) is 0. The Hall–Kier alpha value is -1.02. The van der Waals surface area contributed by atoms with E-state index in [9.17, 15) is 0 Å². The zero-order valence-electron chi connectivity index (χ0n) is 5.99. The van der Waals surface area contributed by atoms with Crippen LogP contribution in [0.1, 0.15) is 11.3 Å². The summed E-state index contributed by atoms with van der Waals surface area (Å²) in [7, 11) is 0. The van der Waals surface area contributed by atoms with Gasteiger partial charge in [0.05, 0.1) is 6.26 Å². The van der Waals surface area contributed by atoms with Gasteiger partial charge < -0.3 is 4.74 Å². The van der Waals surface area contributed by atoms with Gasteiger partial charge in [0.1, 0.15) is 5.76 Å². The van der Waals surface area contributed by atoms with Crippen LogP contribution in [-0.4, -0.2) is 0 Å². The zero-order chi connectivity index (χ0) is 7.52. The molecule has 2 rings (SSSR count). The minimum absolute atomic E-state index is 0.928. The van der Waals surface area contributed by atoms with Crippen molar-refractivity contribution in [1.29, 1.82) is 0 Å². The van der Waals surface area contributed by atoms with Crippen molar-refractivity contribution in [3.63, 3.8) is 0 Å². The molecule has 2 heteroatoms. The smallest absolute Gasteiger partial charge is 0.108 e. The standard InChI is InChI=1S/C9H8OS/c1-3-8(10-5-1)7-9-4-2-6-11-9/h1-2,4-7H,3H2. The zero-order valence-corrected chi connectivity index (χ0v) is 6.80. The second-order valence-corrected chi connectivity index (χ2v) is 3.30. The lowest BCUT2D eigenvalue weighted by Gasteiger charge is -1.93. The lowest BCUT2D eigenvalue weighted by Crippen LogP contribution is -1.74. The molecule has 0 saturated heterocycles. The molecule has 1 aromatic heterocycles. The van der Waals surface area contributed by atoms with Crippen molar-refractivity contribution in [1.82, 2.24) is 0 Å². The third-order valence-electron chi connectivity index (χ3n) is 1.48. The molecule has 1 aliphatic heterocycles. The second kappa shape index (κ2) is 2.93. The fourth-order valence-corrected chi connectivity index (χ4v) is 1.64. The SMILES string of the molecule is C1=COC(=Cc2cccs2)C1. The Balaban J connectivity index is 2.15. The fraction of sp³-hybridized carbons (Fsp3) is 0.111. The van der Waals surface area contributed by atoms with Crippen molar-refractivity contribution in [3.8, 4) is 0 Å². The molecule has 0 amide bonds. The Morgan fingerprint density at radius 2 is 2.55 bits per heavy atom. The predicted molar refractivity (Wildman–Crippen MR) is 47.1 cm³/mol. The number of hydrogen-bond acceptors (Lipinski definition) is 2. The predicted octanol–water partition coefficient (Wildman–Crippen LogP) is 3.02. The first-order chi connectivity index (χ1) is 5.45. The first-order valence-corrected chi connectivity index (χ1v) is 4.39. The highest BCUT2D eigenvalue weighted by molar-refractivity contribution is 7.10. The van der Waals surface area contributed by atoms with E-state index in [0.717, 1.165) is 12.2 Å². The van der Waals surface area contributed by atoms with Gasteiger partial charge >= 0.3 is 0 Å². The molecule has 56 valence electrons. The Morgan fingerprint density at radius 3 is 3.18 bits per heavy atom. The summed E-state index contributed by atoms with van der Waals surface area (Å²) < 4.78 is 5.21. The van der Waals surface area contributed by atoms with Crippen LogP contribution < -0.4 is 0 Å². The van der Waals surface area contributed by atoms with Gasteiger partial charge in [0.25, 0.3) is 0 Å². The van der Waals surface area contributed by atoms with E-state index in [4.69, 9.17) is 4.74 Å². The van der Waals surface area contributed by atoms with Gasteiger partial charge in [-0.05, 0) is 23.6 Å². The van der Waals surface area contributed by atoms with Crippen LogP contribution in [0.5, 0.6) is 0 Å². The molecule has 2 heterocycles. The Bertz CT molecular complexity index is 273. The van der Waals surface area contributed by atoms with Gasteiger partial charge in [0.15, 0.2) is 0 Å². The Kier molecular flexibility index (Phi) is 1.78. The van der Waals surface area contributed by atoms with Crippen LogP contribution in [0, 0.1) is 0 Å². The second-order valence-electron chi connectivity index (χ2n) is 2.32. The minimum Gasteiger partial charge on any atom is -0.469 e. The average Bonchev–Trinajstić information content (AvgIpc) is 2.60. The molecule has 0 bridgehead atoms. The summed E-state index contributed by atoms with van der Waals surface area (Å²) >= 11 is 1.73. The van der Waals surface area contributed by atoms with E-state index in [1.165, 1.54) is 4.88 Å². The molecule has 0 aliphatic carbocycles. The molecule has 0 saturated carbocycles. The molecule has 0 aromatic carbocycles. The summed E-state index contributed by atoms with van der Waals surface area (Å²) in [5, 5.41) is 2.06. The molecule has 11 heavy (non-hydrogen) atoms. The van der Waals surface area contributed by atoms with Crippen LogP contribution >= 0.6 is 11.3 Å². The largest absolute Gasteiger partial charge is 0.469 e. The first-order valence-electron chi connectivity index (χ1n) is 3.51. The van der Waals surface area contributed by atoms with E-state index in [1.807, 2.05) is 12.1 Å². The highest BCUT2D eigenvalue weighted by atomic mass is 32.1. The number of ether oxygens (including phenoxy) is 1. The topological polar surface area (TPSA) is 9.23 Å². The number of rotatable bonds is 1. The molecular formula is C9H8OS. The van der Waals surface area contributed by atoms with Crippen molar-refractivity contribution in [2.24, 2.45) is 0 Å². The van der Waals surface area contributed by atoms with E-state index in [1.54, 1.807) is 17.6 Å².